The number of aromatic nitrogens is 1. The highest BCUT2D eigenvalue weighted by molar-refractivity contribution is 5.90. The average Bonchev–Trinajstić information content (AvgIpc) is 2.83. The summed E-state index contributed by atoms with van der Waals surface area (Å²) in [4.78, 5) is 39.4. The number of hydrogen-bond donors (Lipinski definition) is 1. The first-order valence-corrected chi connectivity index (χ1v) is 11.2. The molecular weight excluding hydrogens is 434 g/mol. The van der Waals surface area contributed by atoms with Gasteiger partial charge in [0.15, 0.2) is 0 Å². The van der Waals surface area contributed by atoms with Crippen molar-refractivity contribution in [3.63, 3.8) is 0 Å². The molecule has 0 aliphatic carbocycles. The molecule has 1 aliphatic rings. The van der Waals surface area contributed by atoms with Gasteiger partial charge in [-0.3, -0.25) is 34.1 Å². The normalized spacial score (nSPS) is 14.6. The lowest BCUT2D eigenvalue weighted by Gasteiger charge is -2.34. The molecule has 9 heteroatoms. The second kappa shape index (κ2) is 10.9. The minimum atomic E-state index is -0.601. The second-order valence-electron chi connectivity index (χ2n) is 8.39. The number of hydrogen-bond acceptors (Lipinski definition) is 6. The van der Waals surface area contributed by atoms with Gasteiger partial charge in [-0.1, -0.05) is 42.5 Å². The molecule has 34 heavy (non-hydrogen) atoms. The van der Waals surface area contributed by atoms with Crippen LogP contribution in [0.1, 0.15) is 11.1 Å². The van der Waals surface area contributed by atoms with Crippen molar-refractivity contribution in [2.45, 2.75) is 19.6 Å². The molecule has 3 aromatic rings. The summed E-state index contributed by atoms with van der Waals surface area (Å²) in [5.41, 5.74) is 2.39. The van der Waals surface area contributed by atoms with Crippen molar-refractivity contribution in [3.05, 3.63) is 105 Å². The van der Waals surface area contributed by atoms with Crippen molar-refractivity contribution in [2.24, 2.45) is 0 Å². The van der Waals surface area contributed by atoms with E-state index in [0.29, 0.717) is 5.69 Å². The molecule has 9 nitrogen and oxygen atoms in total. The van der Waals surface area contributed by atoms with E-state index >= 15 is 0 Å². The van der Waals surface area contributed by atoms with Crippen LogP contribution in [0.2, 0.25) is 0 Å². The molecule has 1 saturated heterocycles. The largest absolute Gasteiger partial charge is 0.325 e. The van der Waals surface area contributed by atoms with Gasteiger partial charge in [0.1, 0.15) is 6.54 Å². The van der Waals surface area contributed by atoms with Crippen LogP contribution in [-0.4, -0.2) is 51.4 Å². The number of nitrogens with zero attached hydrogens (tertiary/aromatic N) is 4. The first kappa shape index (κ1) is 23.3. The smallest absolute Gasteiger partial charge is 0.285 e. The molecule has 0 saturated carbocycles. The van der Waals surface area contributed by atoms with Crippen molar-refractivity contribution in [1.29, 1.82) is 0 Å². The van der Waals surface area contributed by atoms with Gasteiger partial charge in [-0.05, 0) is 23.3 Å². The Kier molecular flexibility index (Phi) is 7.46. The summed E-state index contributed by atoms with van der Waals surface area (Å²) in [7, 11) is 0. The van der Waals surface area contributed by atoms with Gasteiger partial charge < -0.3 is 5.32 Å². The van der Waals surface area contributed by atoms with E-state index in [9.17, 15) is 19.7 Å². The number of piperazine rings is 1. The van der Waals surface area contributed by atoms with E-state index in [1.807, 2.05) is 30.3 Å². The Labute approximate surface area is 197 Å². The number of benzene rings is 2. The average molecular weight is 462 g/mol. The van der Waals surface area contributed by atoms with Crippen LogP contribution in [0.5, 0.6) is 0 Å². The van der Waals surface area contributed by atoms with Crippen molar-refractivity contribution in [1.82, 2.24) is 14.4 Å². The summed E-state index contributed by atoms with van der Waals surface area (Å²) in [6, 6.07) is 20.3. The van der Waals surface area contributed by atoms with E-state index < -0.39 is 16.4 Å². The Hall–Kier alpha value is -3.82. The molecule has 1 aromatic heterocycles. The molecule has 0 atom stereocenters. The fourth-order valence-electron chi connectivity index (χ4n) is 4.00. The highest BCUT2D eigenvalue weighted by Gasteiger charge is 2.17. The van der Waals surface area contributed by atoms with E-state index in [0.717, 1.165) is 67.7 Å². The molecular formula is C25H27N5O4. The number of amides is 1. The van der Waals surface area contributed by atoms with Crippen LogP contribution in [0.25, 0.3) is 0 Å². The second-order valence-corrected chi connectivity index (χ2v) is 8.39. The van der Waals surface area contributed by atoms with Gasteiger partial charge in [0.2, 0.25) is 5.91 Å². The third-order valence-corrected chi connectivity index (χ3v) is 5.85. The lowest BCUT2D eigenvalue weighted by Crippen LogP contribution is -2.45. The summed E-state index contributed by atoms with van der Waals surface area (Å²) < 4.78 is 1.03. The van der Waals surface area contributed by atoms with E-state index in [2.05, 4.69) is 39.4 Å². The molecule has 0 radical (unpaired) electrons. The molecule has 1 N–H and O–H groups in total. The van der Waals surface area contributed by atoms with Crippen LogP contribution in [0, 0.1) is 10.1 Å². The molecule has 1 aliphatic heterocycles. The maximum absolute atomic E-state index is 12.3. The minimum absolute atomic E-state index is 0.238. The molecule has 0 bridgehead atoms. The number of nitro groups is 1. The van der Waals surface area contributed by atoms with Gasteiger partial charge in [0.05, 0.1) is 11.1 Å². The summed E-state index contributed by atoms with van der Waals surface area (Å²) in [6.45, 7) is 5.59. The van der Waals surface area contributed by atoms with Crippen LogP contribution in [0.15, 0.2) is 77.7 Å². The molecule has 2 aromatic carbocycles. The molecule has 0 spiro atoms. The molecule has 4 rings (SSSR count). The van der Waals surface area contributed by atoms with Crippen LogP contribution in [-0.2, 0) is 24.4 Å². The Balaban J connectivity index is 1.25. The molecule has 176 valence electrons. The van der Waals surface area contributed by atoms with Gasteiger partial charge in [-0.2, -0.15) is 0 Å². The fourth-order valence-corrected chi connectivity index (χ4v) is 4.00. The van der Waals surface area contributed by atoms with E-state index in [1.165, 1.54) is 5.56 Å². The highest BCUT2D eigenvalue weighted by atomic mass is 16.6. The first-order chi connectivity index (χ1) is 16.5. The van der Waals surface area contributed by atoms with Gasteiger partial charge in [0.25, 0.3) is 11.2 Å². The molecule has 2 heterocycles. The summed E-state index contributed by atoms with van der Waals surface area (Å²) >= 11 is 0. The number of pyridine rings is 1. The van der Waals surface area contributed by atoms with Gasteiger partial charge in [-0.25, -0.2) is 0 Å². The number of nitrogens with one attached hydrogen (secondary N) is 1. The SMILES string of the molecule is O=C(Cn1cc([N+](=O)[O-])ccc1=O)Nc1ccc(CN2CCN(Cc3ccccc3)CC2)cc1. The van der Waals surface area contributed by atoms with Crippen molar-refractivity contribution >= 4 is 17.3 Å². The monoisotopic (exact) mass is 461 g/mol. The Morgan fingerprint density at radius 2 is 1.44 bits per heavy atom. The van der Waals surface area contributed by atoms with Crippen molar-refractivity contribution in [2.75, 3.05) is 31.5 Å². The van der Waals surface area contributed by atoms with Gasteiger partial charge in [0, 0.05) is 57.1 Å². The first-order valence-electron chi connectivity index (χ1n) is 11.2. The third kappa shape index (κ3) is 6.37. The Morgan fingerprint density at radius 1 is 0.853 bits per heavy atom. The van der Waals surface area contributed by atoms with Crippen LogP contribution >= 0.6 is 0 Å². The van der Waals surface area contributed by atoms with Crippen LogP contribution < -0.4 is 10.9 Å². The summed E-state index contributed by atoms with van der Waals surface area (Å²) in [5.74, 6) is -0.426. The maximum Gasteiger partial charge on any atom is 0.285 e. The Morgan fingerprint density at radius 3 is 2.03 bits per heavy atom. The minimum Gasteiger partial charge on any atom is -0.325 e. The van der Waals surface area contributed by atoms with Gasteiger partial charge >= 0.3 is 0 Å². The standard InChI is InChI=1S/C25H27N5O4/c31-24(19-29-18-23(30(33)34)10-11-25(29)32)26-22-8-6-21(7-9-22)17-28-14-12-27(13-15-28)16-20-4-2-1-3-5-20/h1-11,18H,12-17,19H2,(H,26,31). The summed E-state index contributed by atoms with van der Waals surface area (Å²) in [6.07, 6.45) is 1.07. The van der Waals surface area contributed by atoms with E-state index in [4.69, 9.17) is 0 Å². The maximum atomic E-state index is 12.3. The van der Waals surface area contributed by atoms with E-state index in [-0.39, 0.29) is 12.2 Å². The van der Waals surface area contributed by atoms with E-state index in [1.54, 1.807) is 0 Å². The number of rotatable bonds is 8. The van der Waals surface area contributed by atoms with Gasteiger partial charge in [-0.15, -0.1) is 0 Å². The van der Waals surface area contributed by atoms with Crippen molar-refractivity contribution < 1.29 is 9.72 Å². The van der Waals surface area contributed by atoms with Crippen molar-refractivity contribution in [3.8, 4) is 0 Å². The predicted molar refractivity (Wildman–Crippen MR) is 129 cm³/mol. The molecule has 1 fully saturated rings. The lowest BCUT2D eigenvalue weighted by molar-refractivity contribution is -0.385. The molecule has 1 amide bonds. The fraction of sp³-hybridized carbons (Fsp3) is 0.280. The highest BCUT2D eigenvalue weighted by Crippen LogP contribution is 2.15. The zero-order chi connectivity index (χ0) is 23.9. The quantitative estimate of drug-likeness (QED) is 0.409. The number of carbonyl (C=O) groups excluding carboxylic acids is 1. The zero-order valence-electron chi connectivity index (χ0n) is 18.8. The summed E-state index contributed by atoms with van der Waals surface area (Å²) in [5, 5.41) is 13.6. The van der Waals surface area contributed by atoms with Crippen LogP contribution in [0.3, 0.4) is 0 Å². The molecule has 0 unspecified atom stereocenters. The van der Waals surface area contributed by atoms with Crippen LogP contribution in [0.4, 0.5) is 11.4 Å². The predicted octanol–water partition coefficient (Wildman–Crippen LogP) is 2.71. The third-order valence-electron chi connectivity index (χ3n) is 5.85. The number of carbonyl (C=O) groups is 1. The number of anilines is 1. The lowest BCUT2D eigenvalue weighted by atomic mass is 10.1. The zero-order valence-corrected chi connectivity index (χ0v) is 18.8. The topological polar surface area (TPSA) is 101 Å². The Bertz CT molecular complexity index is 1190.